The Morgan fingerprint density at radius 3 is 2.48 bits per heavy atom. The van der Waals surface area contributed by atoms with Crippen molar-refractivity contribution in [2.24, 2.45) is 0 Å². The van der Waals surface area contributed by atoms with Crippen molar-refractivity contribution in [1.82, 2.24) is 4.72 Å². The number of rotatable bonds is 5. The van der Waals surface area contributed by atoms with Gasteiger partial charge in [-0.2, -0.15) is 0 Å². The van der Waals surface area contributed by atoms with Crippen LogP contribution in [0, 0.1) is 13.8 Å². The van der Waals surface area contributed by atoms with Crippen LogP contribution in [0.3, 0.4) is 0 Å². The fourth-order valence-corrected chi connectivity index (χ4v) is 2.80. The maximum Gasteiger partial charge on any atom is 0.371 e. The monoisotopic (exact) mass is 309 g/mol. The van der Waals surface area contributed by atoms with Gasteiger partial charge in [0.1, 0.15) is 5.76 Å². The number of nitrogens with one attached hydrogen (secondary N) is 1. The van der Waals surface area contributed by atoms with E-state index in [1.54, 1.807) is 12.1 Å². The number of carboxylic acid groups (broad SMARTS) is 1. The van der Waals surface area contributed by atoms with Crippen LogP contribution in [0.2, 0.25) is 0 Å². The van der Waals surface area contributed by atoms with Gasteiger partial charge in [0.15, 0.2) is 0 Å². The quantitative estimate of drug-likeness (QED) is 0.881. The Morgan fingerprint density at radius 1 is 1.19 bits per heavy atom. The lowest BCUT2D eigenvalue weighted by atomic mass is 10.1. The molecule has 0 radical (unpaired) electrons. The summed E-state index contributed by atoms with van der Waals surface area (Å²) in [6, 6.07) is 7.55. The molecule has 0 aliphatic carbocycles. The second-order valence-electron chi connectivity index (χ2n) is 4.64. The first-order valence-corrected chi connectivity index (χ1v) is 7.67. The van der Waals surface area contributed by atoms with Gasteiger partial charge in [0.2, 0.25) is 15.8 Å². The van der Waals surface area contributed by atoms with E-state index >= 15 is 0 Å². The smallest absolute Gasteiger partial charge is 0.371 e. The molecule has 0 amide bonds. The topological polar surface area (TPSA) is 96.6 Å². The molecule has 0 saturated heterocycles. The Bertz CT molecular complexity index is 776. The zero-order chi connectivity index (χ0) is 15.6. The van der Waals surface area contributed by atoms with Gasteiger partial charge in [0, 0.05) is 0 Å². The lowest BCUT2D eigenvalue weighted by molar-refractivity contribution is 0.0660. The Kier molecular flexibility index (Phi) is 4.15. The summed E-state index contributed by atoms with van der Waals surface area (Å²) in [4.78, 5) is 10.8. The second-order valence-corrected chi connectivity index (χ2v) is 6.41. The van der Waals surface area contributed by atoms with Gasteiger partial charge in [0.05, 0.1) is 11.4 Å². The summed E-state index contributed by atoms with van der Waals surface area (Å²) in [5.74, 6) is -1.19. The van der Waals surface area contributed by atoms with Gasteiger partial charge in [-0.05, 0) is 49.2 Å². The molecule has 6 nitrogen and oxygen atoms in total. The van der Waals surface area contributed by atoms with E-state index in [2.05, 4.69) is 4.72 Å². The molecule has 2 rings (SSSR count). The highest BCUT2D eigenvalue weighted by atomic mass is 32.2. The van der Waals surface area contributed by atoms with Crippen LogP contribution in [0.15, 0.2) is 39.6 Å². The summed E-state index contributed by atoms with van der Waals surface area (Å²) < 4.78 is 31.6. The molecular weight excluding hydrogens is 294 g/mol. The summed E-state index contributed by atoms with van der Waals surface area (Å²) in [5.41, 5.74) is 1.88. The molecule has 0 unspecified atom stereocenters. The number of hydrogen-bond donors (Lipinski definition) is 2. The minimum Gasteiger partial charge on any atom is -0.475 e. The predicted molar refractivity (Wildman–Crippen MR) is 75.6 cm³/mol. The molecule has 21 heavy (non-hydrogen) atoms. The van der Waals surface area contributed by atoms with Crippen molar-refractivity contribution in [2.45, 2.75) is 25.3 Å². The highest BCUT2D eigenvalue weighted by molar-refractivity contribution is 7.89. The molecule has 1 aromatic carbocycles. The summed E-state index contributed by atoms with van der Waals surface area (Å²) in [7, 11) is -3.67. The molecule has 7 heteroatoms. The molecule has 0 aliphatic rings. The number of furan rings is 1. The van der Waals surface area contributed by atoms with Crippen LogP contribution in [0.1, 0.15) is 27.4 Å². The molecule has 0 atom stereocenters. The fourth-order valence-electron chi connectivity index (χ4n) is 1.72. The van der Waals surface area contributed by atoms with Crippen molar-refractivity contribution in [3.8, 4) is 0 Å². The lowest BCUT2D eigenvalue weighted by Gasteiger charge is -2.07. The van der Waals surface area contributed by atoms with Gasteiger partial charge >= 0.3 is 5.97 Å². The standard InChI is InChI=1S/C14H15NO5S/c1-9-3-5-12(7-10(9)2)21(18,19)15-8-11-4-6-13(20-11)14(16)17/h3-7,15H,8H2,1-2H3,(H,16,17). The van der Waals surface area contributed by atoms with Crippen molar-refractivity contribution in [1.29, 1.82) is 0 Å². The first-order chi connectivity index (χ1) is 9.79. The predicted octanol–water partition coefficient (Wildman–Crippen LogP) is 2.07. The first-order valence-electron chi connectivity index (χ1n) is 6.18. The highest BCUT2D eigenvalue weighted by Crippen LogP contribution is 2.15. The molecular formula is C14H15NO5S. The summed E-state index contributed by atoms with van der Waals surface area (Å²) in [5, 5.41) is 8.73. The normalized spacial score (nSPS) is 11.5. The highest BCUT2D eigenvalue weighted by Gasteiger charge is 2.16. The van der Waals surface area contributed by atoms with Crippen LogP contribution in [-0.2, 0) is 16.6 Å². The van der Waals surface area contributed by atoms with Gasteiger partial charge in [-0.1, -0.05) is 6.07 Å². The molecule has 112 valence electrons. The third-order valence-corrected chi connectivity index (χ3v) is 4.50. The fraction of sp³-hybridized carbons (Fsp3) is 0.214. The van der Waals surface area contributed by atoms with E-state index in [1.807, 2.05) is 13.8 Å². The van der Waals surface area contributed by atoms with Crippen molar-refractivity contribution >= 4 is 16.0 Å². The third kappa shape index (κ3) is 3.50. The largest absolute Gasteiger partial charge is 0.475 e. The zero-order valence-corrected chi connectivity index (χ0v) is 12.4. The molecule has 0 bridgehead atoms. The molecule has 0 fully saturated rings. The maximum atomic E-state index is 12.1. The van der Waals surface area contributed by atoms with Crippen molar-refractivity contribution in [2.75, 3.05) is 0 Å². The van der Waals surface area contributed by atoms with Gasteiger partial charge in [-0.3, -0.25) is 0 Å². The molecule has 2 aromatic rings. The molecule has 2 N–H and O–H groups in total. The van der Waals surface area contributed by atoms with Crippen LogP contribution in [0.25, 0.3) is 0 Å². The molecule has 1 aromatic heterocycles. The minimum atomic E-state index is -3.67. The molecule has 0 saturated carbocycles. The zero-order valence-electron chi connectivity index (χ0n) is 11.6. The third-order valence-electron chi connectivity index (χ3n) is 3.10. The number of benzene rings is 1. The van der Waals surface area contributed by atoms with Crippen LogP contribution in [0.4, 0.5) is 0 Å². The van der Waals surface area contributed by atoms with Crippen LogP contribution < -0.4 is 4.72 Å². The lowest BCUT2D eigenvalue weighted by Crippen LogP contribution is -2.23. The Labute approximate surface area is 122 Å². The average molecular weight is 309 g/mol. The molecule has 1 heterocycles. The van der Waals surface area contributed by atoms with Crippen molar-refractivity contribution < 1.29 is 22.7 Å². The van der Waals surface area contributed by atoms with Crippen LogP contribution in [0.5, 0.6) is 0 Å². The Morgan fingerprint density at radius 2 is 1.90 bits per heavy atom. The van der Waals surface area contributed by atoms with Crippen LogP contribution >= 0.6 is 0 Å². The number of aryl methyl sites for hydroxylation is 2. The molecule has 0 spiro atoms. The number of carbonyl (C=O) groups is 1. The Hall–Kier alpha value is -2.12. The maximum absolute atomic E-state index is 12.1. The minimum absolute atomic E-state index is 0.109. The van der Waals surface area contributed by atoms with E-state index in [4.69, 9.17) is 9.52 Å². The summed E-state index contributed by atoms with van der Waals surface area (Å²) in [6.07, 6.45) is 0. The van der Waals surface area contributed by atoms with Crippen molar-refractivity contribution in [3.63, 3.8) is 0 Å². The van der Waals surface area contributed by atoms with Crippen LogP contribution in [-0.4, -0.2) is 19.5 Å². The first kappa shape index (κ1) is 15.3. The van der Waals surface area contributed by atoms with E-state index in [-0.39, 0.29) is 23.0 Å². The van der Waals surface area contributed by atoms with E-state index in [1.165, 1.54) is 18.2 Å². The number of sulfonamides is 1. The average Bonchev–Trinajstić information content (AvgIpc) is 2.89. The number of hydrogen-bond acceptors (Lipinski definition) is 4. The van der Waals surface area contributed by atoms with Gasteiger partial charge in [-0.25, -0.2) is 17.9 Å². The van der Waals surface area contributed by atoms with Gasteiger partial charge in [0.25, 0.3) is 0 Å². The number of carboxylic acids is 1. The Balaban J connectivity index is 2.13. The van der Waals surface area contributed by atoms with E-state index < -0.39 is 16.0 Å². The summed E-state index contributed by atoms with van der Waals surface area (Å²) in [6.45, 7) is 3.62. The van der Waals surface area contributed by atoms with Crippen molar-refractivity contribution in [3.05, 3.63) is 53.0 Å². The molecule has 0 aliphatic heterocycles. The van der Waals surface area contributed by atoms with E-state index in [9.17, 15) is 13.2 Å². The SMILES string of the molecule is Cc1ccc(S(=O)(=O)NCc2ccc(C(=O)O)o2)cc1C. The van der Waals surface area contributed by atoms with E-state index in [0.29, 0.717) is 0 Å². The summed E-state index contributed by atoms with van der Waals surface area (Å²) >= 11 is 0. The van der Waals surface area contributed by atoms with Gasteiger partial charge < -0.3 is 9.52 Å². The van der Waals surface area contributed by atoms with Gasteiger partial charge in [-0.15, -0.1) is 0 Å². The second kappa shape index (κ2) is 5.71. The van der Waals surface area contributed by atoms with E-state index in [0.717, 1.165) is 11.1 Å². The number of aromatic carboxylic acids is 1.